The van der Waals surface area contributed by atoms with E-state index in [0.29, 0.717) is 22.4 Å². The molecule has 3 rings (SSSR count). The molecule has 100 valence electrons. The van der Waals surface area contributed by atoms with Crippen LogP contribution < -0.4 is 0 Å². The molecule has 0 bridgehead atoms. The Labute approximate surface area is 117 Å². The molecule has 1 aromatic carbocycles. The number of amides is 1. The molecule has 0 N–H and O–H groups in total. The SMILES string of the molecule is CC(C)N(C(=O)c1cc2cc(Cl)ccc2o1)C1CC1. The van der Waals surface area contributed by atoms with Crippen LogP contribution in [-0.4, -0.2) is 22.9 Å². The highest BCUT2D eigenvalue weighted by Gasteiger charge is 2.35. The predicted octanol–water partition coefficient (Wildman–Crippen LogP) is 4.10. The quantitative estimate of drug-likeness (QED) is 0.846. The van der Waals surface area contributed by atoms with E-state index in [1.54, 1.807) is 18.2 Å². The number of halogens is 1. The standard InChI is InChI=1S/C15H16ClNO2/c1-9(2)17(12-4-5-12)15(18)14-8-10-7-11(16)3-6-13(10)19-14/h3,6-9,12H,4-5H2,1-2H3. The minimum Gasteiger partial charge on any atom is -0.451 e. The lowest BCUT2D eigenvalue weighted by Gasteiger charge is -2.25. The molecule has 0 aliphatic heterocycles. The number of benzene rings is 1. The Morgan fingerprint density at radius 3 is 2.74 bits per heavy atom. The topological polar surface area (TPSA) is 33.5 Å². The summed E-state index contributed by atoms with van der Waals surface area (Å²) in [7, 11) is 0. The van der Waals surface area contributed by atoms with Crippen molar-refractivity contribution in [1.29, 1.82) is 0 Å². The molecule has 1 heterocycles. The van der Waals surface area contributed by atoms with Crippen molar-refractivity contribution in [2.45, 2.75) is 38.8 Å². The van der Waals surface area contributed by atoms with Crippen LogP contribution in [0.25, 0.3) is 11.0 Å². The van der Waals surface area contributed by atoms with Crippen molar-refractivity contribution in [1.82, 2.24) is 4.90 Å². The second-order valence-electron chi connectivity index (χ2n) is 5.33. The van der Waals surface area contributed by atoms with Gasteiger partial charge >= 0.3 is 0 Å². The third-order valence-electron chi connectivity index (χ3n) is 3.42. The van der Waals surface area contributed by atoms with Gasteiger partial charge in [0.1, 0.15) is 5.58 Å². The molecule has 0 unspecified atom stereocenters. The van der Waals surface area contributed by atoms with Gasteiger partial charge in [0.25, 0.3) is 5.91 Å². The molecule has 1 saturated carbocycles. The highest BCUT2D eigenvalue weighted by atomic mass is 35.5. The van der Waals surface area contributed by atoms with E-state index in [4.69, 9.17) is 16.0 Å². The fourth-order valence-electron chi connectivity index (χ4n) is 2.42. The molecule has 1 aliphatic rings. The van der Waals surface area contributed by atoms with E-state index in [1.165, 1.54) is 0 Å². The number of hydrogen-bond acceptors (Lipinski definition) is 2. The number of carbonyl (C=O) groups excluding carboxylic acids is 1. The number of rotatable bonds is 3. The molecule has 0 radical (unpaired) electrons. The molecule has 19 heavy (non-hydrogen) atoms. The van der Waals surface area contributed by atoms with Crippen LogP contribution in [0.5, 0.6) is 0 Å². The molecule has 4 heteroatoms. The number of hydrogen-bond donors (Lipinski definition) is 0. The summed E-state index contributed by atoms with van der Waals surface area (Å²) in [5.74, 6) is 0.377. The molecule has 1 aliphatic carbocycles. The highest BCUT2D eigenvalue weighted by molar-refractivity contribution is 6.31. The van der Waals surface area contributed by atoms with Crippen LogP contribution >= 0.6 is 11.6 Å². The summed E-state index contributed by atoms with van der Waals surface area (Å²) in [4.78, 5) is 14.4. The molecule has 1 aromatic heterocycles. The summed E-state index contributed by atoms with van der Waals surface area (Å²) in [6.07, 6.45) is 2.19. The molecule has 1 amide bonds. The minimum absolute atomic E-state index is 0.0233. The zero-order chi connectivity index (χ0) is 13.6. The molecule has 0 atom stereocenters. The average molecular weight is 278 g/mol. The Balaban J connectivity index is 1.96. The van der Waals surface area contributed by atoms with Crippen molar-refractivity contribution in [3.63, 3.8) is 0 Å². The van der Waals surface area contributed by atoms with Gasteiger partial charge in [-0.25, -0.2) is 0 Å². The third kappa shape index (κ3) is 2.35. The lowest BCUT2D eigenvalue weighted by Crippen LogP contribution is -2.38. The van der Waals surface area contributed by atoms with Crippen LogP contribution in [0.3, 0.4) is 0 Å². The van der Waals surface area contributed by atoms with Gasteiger partial charge < -0.3 is 9.32 Å². The monoisotopic (exact) mass is 277 g/mol. The van der Waals surface area contributed by atoms with Gasteiger partial charge in [-0.05, 0) is 51.0 Å². The Kier molecular flexibility index (Phi) is 3.02. The van der Waals surface area contributed by atoms with E-state index >= 15 is 0 Å². The molecular weight excluding hydrogens is 262 g/mol. The summed E-state index contributed by atoms with van der Waals surface area (Å²) >= 11 is 5.94. The van der Waals surface area contributed by atoms with E-state index in [0.717, 1.165) is 18.2 Å². The maximum Gasteiger partial charge on any atom is 0.290 e. The van der Waals surface area contributed by atoms with Crippen molar-refractivity contribution >= 4 is 28.5 Å². The number of fused-ring (bicyclic) bond motifs is 1. The first-order valence-electron chi connectivity index (χ1n) is 6.58. The van der Waals surface area contributed by atoms with Gasteiger partial charge in [-0.3, -0.25) is 4.79 Å². The van der Waals surface area contributed by atoms with Crippen molar-refractivity contribution < 1.29 is 9.21 Å². The fourth-order valence-corrected chi connectivity index (χ4v) is 2.60. The summed E-state index contributed by atoms with van der Waals surface area (Å²) in [5, 5.41) is 1.52. The Hall–Kier alpha value is -1.48. The highest BCUT2D eigenvalue weighted by Crippen LogP contribution is 2.31. The van der Waals surface area contributed by atoms with Gasteiger partial charge in [-0.2, -0.15) is 0 Å². The van der Waals surface area contributed by atoms with Crippen LogP contribution in [-0.2, 0) is 0 Å². The van der Waals surface area contributed by atoms with E-state index in [9.17, 15) is 4.79 Å². The zero-order valence-corrected chi connectivity index (χ0v) is 11.8. The van der Waals surface area contributed by atoms with Crippen molar-refractivity contribution in [2.24, 2.45) is 0 Å². The van der Waals surface area contributed by atoms with Crippen LogP contribution in [0.4, 0.5) is 0 Å². The number of nitrogens with zero attached hydrogens (tertiary/aromatic N) is 1. The maximum atomic E-state index is 12.5. The minimum atomic E-state index is -0.0233. The molecule has 2 aromatic rings. The van der Waals surface area contributed by atoms with E-state index in [-0.39, 0.29) is 11.9 Å². The van der Waals surface area contributed by atoms with Crippen LogP contribution in [0, 0.1) is 0 Å². The molecule has 1 fully saturated rings. The van der Waals surface area contributed by atoms with Gasteiger partial charge in [0.2, 0.25) is 0 Å². The van der Waals surface area contributed by atoms with Crippen LogP contribution in [0.1, 0.15) is 37.2 Å². The summed E-state index contributed by atoms with van der Waals surface area (Å²) in [6, 6.07) is 7.73. The molecule has 0 saturated heterocycles. The van der Waals surface area contributed by atoms with Crippen molar-refractivity contribution in [3.8, 4) is 0 Å². The Morgan fingerprint density at radius 1 is 1.37 bits per heavy atom. The van der Waals surface area contributed by atoms with E-state index < -0.39 is 0 Å². The van der Waals surface area contributed by atoms with Crippen molar-refractivity contribution in [2.75, 3.05) is 0 Å². The average Bonchev–Trinajstić information content (AvgIpc) is 3.07. The normalized spacial score (nSPS) is 15.2. The second-order valence-corrected chi connectivity index (χ2v) is 5.77. The lowest BCUT2D eigenvalue weighted by atomic mass is 10.2. The van der Waals surface area contributed by atoms with Crippen LogP contribution in [0.15, 0.2) is 28.7 Å². The predicted molar refractivity (Wildman–Crippen MR) is 75.6 cm³/mol. The van der Waals surface area contributed by atoms with Gasteiger partial charge in [-0.15, -0.1) is 0 Å². The zero-order valence-electron chi connectivity index (χ0n) is 11.0. The summed E-state index contributed by atoms with van der Waals surface area (Å²) < 4.78 is 5.64. The number of carbonyl (C=O) groups is 1. The fraction of sp³-hybridized carbons (Fsp3) is 0.400. The second kappa shape index (κ2) is 4.57. The van der Waals surface area contributed by atoms with E-state index in [2.05, 4.69) is 0 Å². The van der Waals surface area contributed by atoms with Gasteiger partial charge in [0, 0.05) is 22.5 Å². The number of furan rings is 1. The maximum absolute atomic E-state index is 12.5. The van der Waals surface area contributed by atoms with Gasteiger partial charge in [-0.1, -0.05) is 11.6 Å². The Bertz CT molecular complexity index is 626. The lowest BCUT2D eigenvalue weighted by molar-refractivity contribution is 0.0660. The molecule has 3 nitrogen and oxygen atoms in total. The summed E-state index contributed by atoms with van der Waals surface area (Å²) in [5.41, 5.74) is 0.701. The van der Waals surface area contributed by atoms with Gasteiger partial charge in [0.05, 0.1) is 0 Å². The van der Waals surface area contributed by atoms with Gasteiger partial charge in [0.15, 0.2) is 5.76 Å². The molecule has 0 spiro atoms. The Morgan fingerprint density at radius 2 is 2.11 bits per heavy atom. The first-order valence-corrected chi connectivity index (χ1v) is 6.96. The largest absolute Gasteiger partial charge is 0.451 e. The van der Waals surface area contributed by atoms with Crippen molar-refractivity contribution in [3.05, 3.63) is 35.0 Å². The van der Waals surface area contributed by atoms with E-state index in [1.807, 2.05) is 24.8 Å². The van der Waals surface area contributed by atoms with Crippen LogP contribution in [0.2, 0.25) is 5.02 Å². The smallest absolute Gasteiger partial charge is 0.290 e. The first-order chi connectivity index (χ1) is 9.06. The summed E-state index contributed by atoms with van der Waals surface area (Å²) in [6.45, 7) is 4.07. The third-order valence-corrected chi connectivity index (χ3v) is 3.66. The first kappa shape index (κ1) is 12.5. The molecular formula is C15H16ClNO2.